The predicted octanol–water partition coefficient (Wildman–Crippen LogP) is -0.0656. The molecule has 1 heterocycles. The molecule has 0 fully saturated rings. The van der Waals surface area contributed by atoms with Gasteiger partial charge >= 0.3 is 29.6 Å². The third-order valence-corrected chi connectivity index (χ3v) is 5.08. The summed E-state index contributed by atoms with van der Waals surface area (Å²) < 4.78 is 5.21. The zero-order chi connectivity index (χ0) is 19.7. The number of amides is 1. The molecule has 1 amide bonds. The van der Waals surface area contributed by atoms with Gasteiger partial charge in [-0.05, 0) is 41.5 Å². The van der Waals surface area contributed by atoms with Crippen LogP contribution in [-0.2, 0) is 4.79 Å². The molecule has 2 atom stereocenters. The van der Waals surface area contributed by atoms with Gasteiger partial charge in [-0.25, -0.2) is 0 Å². The molecule has 0 saturated heterocycles. The van der Waals surface area contributed by atoms with Crippen molar-refractivity contribution in [3.8, 4) is 5.75 Å². The number of para-hydroxylation sites is 1. The topological polar surface area (TPSA) is 69.7 Å². The van der Waals surface area contributed by atoms with Crippen LogP contribution in [0.1, 0.15) is 33.4 Å². The summed E-state index contributed by atoms with van der Waals surface area (Å²) in [5.74, 6) is -1.80. The van der Waals surface area contributed by atoms with Gasteiger partial charge in [0, 0.05) is 17.2 Å². The number of hydrogen-bond acceptors (Lipinski definition) is 4. The molecule has 1 aliphatic rings. The number of methoxy groups -OCH3 is 1. The van der Waals surface area contributed by atoms with Gasteiger partial charge in [0.25, 0.3) is 5.91 Å². The van der Waals surface area contributed by atoms with Crippen LogP contribution < -0.4 is 44.3 Å². The normalized spacial score (nSPS) is 17.8. The Kier molecular flexibility index (Phi) is 6.42. The maximum absolute atomic E-state index is 13.4. The van der Waals surface area contributed by atoms with Gasteiger partial charge in [0.1, 0.15) is 5.75 Å². The largest absolute Gasteiger partial charge is 1.00 e. The second-order valence-corrected chi connectivity index (χ2v) is 6.61. The molecule has 29 heavy (non-hydrogen) atoms. The Balaban J connectivity index is 0.00000240. The Morgan fingerprint density at radius 2 is 1.55 bits per heavy atom. The van der Waals surface area contributed by atoms with Gasteiger partial charge in [0.15, 0.2) is 0 Å². The van der Waals surface area contributed by atoms with Crippen LogP contribution in [0, 0.1) is 0 Å². The van der Waals surface area contributed by atoms with E-state index in [1.54, 1.807) is 72.7 Å². The number of carbonyl (C=O) groups excluding carboxylic acids is 2. The number of carboxylic acids is 1. The second kappa shape index (κ2) is 8.82. The maximum Gasteiger partial charge on any atom is 1.00 e. The summed E-state index contributed by atoms with van der Waals surface area (Å²) in [7, 11) is 1.57. The molecule has 0 saturated carbocycles. The van der Waals surface area contributed by atoms with Gasteiger partial charge in [-0.15, -0.1) is 0 Å². The Labute approximate surface area is 191 Å². The molecule has 4 rings (SSSR count). The SMILES string of the molecule is COc1ccc([C@H]2[C@H](C(=O)[O-])c3ccccc3C(=O)N2c2ccccc2)cc1.[Na+]. The summed E-state index contributed by atoms with van der Waals surface area (Å²) in [6.07, 6.45) is 0. The number of hydrogen-bond donors (Lipinski definition) is 0. The third kappa shape index (κ3) is 3.81. The van der Waals surface area contributed by atoms with Crippen LogP contribution in [0.4, 0.5) is 5.69 Å². The number of carbonyl (C=O) groups is 2. The molecule has 0 bridgehead atoms. The van der Waals surface area contributed by atoms with Gasteiger partial charge in [-0.1, -0.05) is 48.5 Å². The van der Waals surface area contributed by atoms with Crippen LogP contribution in [-0.4, -0.2) is 19.0 Å². The Morgan fingerprint density at radius 3 is 2.17 bits per heavy atom. The molecule has 1 aliphatic heterocycles. The molecule has 0 unspecified atom stereocenters. The summed E-state index contributed by atoms with van der Waals surface area (Å²) in [6.45, 7) is 0. The van der Waals surface area contributed by atoms with Crippen LogP contribution in [0.3, 0.4) is 0 Å². The van der Waals surface area contributed by atoms with Crippen molar-refractivity contribution in [2.75, 3.05) is 12.0 Å². The standard InChI is InChI=1S/C23H19NO4.Na/c1-28-17-13-11-15(12-14-17)21-20(23(26)27)18-9-5-6-10-19(18)22(25)24(21)16-7-3-2-4-8-16;/h2-14,20-21H,1H3,(H,26,27);/q;+1/p-1/t20-,21+;/m1./s1. The fourth-order valence-corrected chi connectivity index (χ4v) is 3.80. The van der Waals surface area contributed by atoms with Crippen molar-refractivity contribution in [3.63, 3.8) is 0 Å². The Bertz CT molecular complexity index is 1020. The van der Waals surface area contributed by atoms with Crippen LogP contribution in [0.15, 0.2) is 78.9 Å². The number of nitrogens with zero attached hydrogens (tertiary/aromatic N) is 1. The maximum atomic E-state index is 13.4. The van der Waals surface area contributed by atoms with Gasteiger partial charge < -0.3 is 14.6 Å². The second-order valence-electron chi connectivity index (χ2n) is 6.61. The number of rotatable bonds is 4. The minimum absolute atomic E-state index is 0. The zero-order valence-electron chi connectivity index (χ0n) is 16.2. The number of aliphatic carboxylic acids is 1. The van der Waals surface area contributed by atoms with Gasteiger partial charge in [-0.3, -0.25) is 9.69 Å². The average Bonchev–Trinajstić information content (AvgIpc) is 2.74. The van der Waals surface area contributed by atoms with E-state index in [0.29, 0.717) is 28.1 Å². The summed E-state index contributed by atoms with van der Waals surface area (Å²) in [4.78, 5) is 27.2. The number of anilines is 1. The minimum Gasteiger partial charge on any atom is -0.549 e. The first kappa shape index (κ1) is 21.1. The molecule has 3 aromatic carbocycles. The quantitative estimate of drug-likeness (QED) is 0.581. The molecule has 0 N–H and O–H groups in total. The summed E-state index contributed by atoms with van der Waals surface area (Å²) in [5, 5.41) is 12.2. The van der Waals surface area contributed by atoms with Crippen molar-refractivity contribution in [3.05, 3.63) is 95.6 Å². The predicted molar refractivity (Wildman–Crippen MR) is 103 cm³/mol. The van der Waals surface area contributed by atoms with E-state index < -0.39 is 17.9 Å². The van der Waals surface area contributed by atoms with E-state index in [9.17, 15) is 14.7 Å². The van der Waals surface area contributed by atoms with Gasteiger partial charge in [-0.2, -0.15) is 0 Å². The van der Waals surface area contributed by atoms with Crippen molar-refractivity contribution in [1.29, 1.82) is 0 Å². The molecule has 5 nitrogen and oxygen atoms in total. The van der Waals surface area contributed by atoms with Crippen molar-refractivity contribution in [2.24, 2.45) is 0 Å². The van der Waals surface area contributed by atoms with Crippen LogP contribution in [0.2, 0.25) is 0 Å². The molecule has 0 aromatic heterocycles. The van der Waals surface area contributed by atoms with Crippen LogP contribution in [0.5, 0.6) is 5.75 Å². The van der Waals surface area contributed by atoms with Gasteiger partial charge in [0.05, 0.1) is 19.1 Å². The fourth-order valence-electron chi connectivity index (χ4n) is 3.80. The van der Waals surface area contributed by atoms with E-state index in [0.717, 1.165) is 0 Å². The molecule has 0 radical (unpaired) electrons. The number of fused-ring (bicyclic) bond motifs is 1. The summed E-state index contributed by atoms with van der Waals surface area (Å²) in [5.41, 5.74) is 2.18. The van der Waals surface area contributed by atoms with Crippen LogP contribution in [0.25, 0.3) is 0 Å². The smallest absolute Gasteiger partial charge is 0.549 e. The van der Waals surface area contributed by atoms with Gasteiger partial charge in [0.2, 0.25) is 0 Å². The van der Waals surface area contributed by atoms with E-state index in [4.69, 9.17) is 4.74 Å². The molecule has 0 aliphatic carbocycles. The zero-order valence-corrected chi connectivity index (χ0v) is 18.2. The van der Waals surface area contributed by atoms with E-state index >= 15 is 0 Å². The van der Waals surface area contributed by atoms with E-state index in [1.807, 2.05) is 18.2 Å². The number of ether oxygens (including phenoxy) is 1. The first-order valence-corrected chi connectivity index (χ1v) is 8.94. The Morgan fingerprint density at radius 1 is 0.931 bits per heavy atom. The molecule has 3 aromatic rings. The van der Waals surface area contributed by atoms with E-state index in [-0.39, 0.29) is 35.5 Å². The monoisotopic (exact) mass is 395 g/mol. The van der Waals surface area contributed by atoms with Crippen molar-refractivity contribution in [2.45, 2.75) is 12.0 Å². The van der Waals surface area contributed by atoms with Crippen LogP contribution >= 0.6 is 0 Å². The number of benzene rings is 3. The minimum atomic E-state index is -1.22. The molecular weight excluding hydrogens is 377 g/mol. The molecule has 140 valence electrons. The summed E-state index contributed by atoms with van der Waals surface area (Å²) in [6, 6.07) is 22.3. The van der Waals surface area contributed by atoms with E-state index in [2.05, 4.69) is 0 Å². The molecule has 6 heteroatoms. The third-order valence-electron chi connectivity index (χ3n) is 5.08. The van der Waals surface area contributed by atoms with E-state index in [1.165, 1.54) is 0 Å². The first-order valence-electron chi connectivity index (χ1n) is 8.94. The van der Waals surface area contributed by atoms with Crippen molar-refractivity contribution >= 4 is 17.6 Å². The number of carboxylic acid groups (broad SMARTS) is 1. The molecular formula is C23H18NNaO4. The molecule has 0 spiro atoms. The van der Waals surface area contributed by atoms with Crippen molar-refractivity contribution in [1.82, 2.24) is 0 Å². The summed E-state index contributed by atoms with van der Waals surface area (Å²) >= 11 is 0. The first-order chi connectivity index (χ1) is 13.6. The fraction of sp³-hybridized carbons (Fsp3) is 0.130. The Hall–Kier alpha value is -2.60. The van der Waals surface area contributed by atoms with Crippen molar-refractivity contribution < 1.29 is 49.0 Å². The average molecular weight is 395 g/mol.